The largest absolute Gasteiger partial charge is 0.253 e. The zero-order valence-corrected chi connectivity index (χ0v) is 11.4. The molecule has 20 heavy (non-hydrogen) atoms. The first-order valence-electron chi connectivity index (χ1n) is 6.22. The normalized spacial score (nSPS) is 16.2. The molecule has 1 aliphatic rings. The third-order valence-corrected chi connectivity index (χ3v) is 4.09. The van der Waals surface area contributed by atoms with Gasteiger partial charge in [0.2, 0.25) is 0 Å². The number of aromatic nitrogens is 1. The second-order valence-corrected chi connectivity index (χ2v) is 5.74. The molecule has 0 unspecified atom stereocenters. The number of rotatable bonds is 2. The Morgan fingerprint density at radius 2 is 1.85 bits per heavy atom. The van der Waals surface area contributed by atoms with Crippen molar-refractivity contribution in [3.05, 3.63) is 52.4 Å². The van der Waals surface area contributed by atoms with Gasteiger partial charge in [0.25, 0.3) is 0 Å². The topological polar surface area (TPSA) is 12.9 Å². The maximum absolute atomic E-state index is 14.5. The van der Waals surface area contributed by atoms with E-state index in [0.717, 1.165) is 18.9 Å². The van der Waals surface area contributed by atoms with Gasteiger partial charge in [0.1, 0.15) is 17.3 Å². The van der Waals surface area contributed by atoms with E-state index in [0.29, 0.717) is 11.6 Å². The standard InChI is InChI=1S/C15H11ClF3N/c1-15(3-4-15)9-2-5-20-14(13(9)19)8-6-10(16)12(18)7-11(8)17/h2,5-7H,3-4H2,1H3. The first kappa shape index (κ1) is 13.4. The Morgan fingerprint density at radius 3 is 2.50 bits per heavy atom. The van der Waals surface area contributed by atoms with E-state index in [1.54, 1.807) is 6.07 Å². The smallest absolute Gasteiger partial charge is 0.153 e. The number of pyridine rings is 1. The van der Waals surface area contributed by atoms with Crippen LogP contribution in [-0.2, 0) is 5.41 Å². The van der Waals surface area contributed by atoms with Crippen LogP contribution >= 0.6 is 11.6 Å². The lowest BCUT2D eigenvalue weighted by Gasteiger charge is -2.13. The Hall–Kier alpha value is -1.55. The number of halogens is 4. The molecule has 1 saturated carbocycles. The van der Waals surface area contributed by atoms with Crippen LogP contribution in [0.5, 0.6) is 0 Å². The van der Waals surface area contributed by atoms with Crippen LogP contribution in [0.2, 0.25) is 5.02 Å². The van der Waals surface area contributed by atoms with Gasteiger partial charge in [-0.1, -0.05) is 18.5 Å². The molecular weight excluding hydrogens is 287 g/mol. The maximum atomic E-state index is 14.5. The van der Waals surface area contributed by atoms with Crippen molar-refractivity contribution in [2.24, 2.45) is 0 Å². The molecule has 5 heteroatoms. The van der Waals surface area contributed by atoms with Crippen LogP contribution < -0.4 is 0 Å². The van der Waals surface area contributed by atoms with E-state index >= 15 is 0 Å². The van der Waals surface area contributed by atoms with Gasteiger partial charge < -0.3 is 0 Å². The number of nitrogens with zero attached hydrogens (tertiary/aromatic N) is 1. The van der Waals surface area contributed by atoms with Crippen LogP contribution in [0.4, 0.5) is 13.2 Å². The molecule has 0 bridgehead atoms. The maximum Gasteiger partial charge on any atom is 0.153 e. The van der Waals surface area contributed by atoms with Gasteiger partial charge in [-0.2, -0.15) is 0 Å². The third-order valence-electron chi connectivity index (χ3n) is 3.80. The van der Waals surface area contributed by atoms with Gasteiger partial charge in [0.05, 0.1) is 5.02 Å². The summed E-state index contributed by atoms with van der Waals surface area (Å²) in [5, 5.41) is -0.259. The van der Waals surface area contributed by atoms with Gasteiger partial charge >= 0.3 is 0 Å². The van der Waals surface area contributed by atoms with Crippen molar-refractivity contribution in [1.29, 1.82) is 0 Å². The van der Waals surface area contributed by atoms with Crippen molar-refractivity contribution in [2.75, 3.05) is 0 Å². The summed E-state index contributed by atoms with van der Waals surface area (Å²) in [6.07, 6.45) is 3.22. The molecule has 3 rings (SSSR count). The second kappa shape index (κ2) is 4.48. The van der Waals surface area contributed by atoms with Crippen molar-refractivity contribution in [3.8, 4) is 11.3 Å². The quantitative estimate of drug-likeness (QED) is 0.721. The summed E-state index contributed by atoms with van der Waals surface area (Å²) < 4.78 is 41.5. The highest BCUT2D eigenvalue weighted by Crippen LogP contribution is 2.49. The first-order valence-corrected chi connectivity index (χ1v) is 6.60. The Labute approximate surface area is 119 Å². The first-order chi connectivity index (χ1) is 9.42. The van der Waals surface area contributed by atoms with Gasteiger partial charge in [-0.15, -0.1) is 0 Å². The minimum absolute atomic E-state index is 0.125. The molecule has 0 atom stereocenters. The molecule has 104 valence electrons. The highest BCUT2D eigenvalue weighted by Gasteiger charge is 2.41. The summed E-state index contributed by atoms with van der Waals surface area (Å²) in [7, 11) is 0. The Balaban J connectivity index is 2.18. The van der Waals surface area contributed by atoms with E-state index in [9.17, 15) is 13.2 Å². The molecule has 1 aromatic heterocycles. The highest BCUT2D eigenvalue weighted by atomic mass is 35.5. The third kappa shape index (κ3) is 2.08. The van der Waals surface area contributed by atoms with Crippen molar-refractivity contribution in [3.63, 3.8) is 0 Å². The summed E-state index contributed by atoms with van der Waals surface area (Å²) in [6.45, 7) is 1.95. The molecule has 0 amide bonds. The molecule has 1 heterocycles. The number of benzene rings is 1. The predicted molar refractivity (Wildman–Crippen MR) is 71.1 cm³/mol. The SMILES string of the molecule is CC1(c2ccnc(-c3cc(Cl)c(F)cc3F)c2F)CC1. The van der Waals surface area contributed by atoms with E-state index in [1.807, 2.05) is 6.92 Å². The van der Waals surface area contributed by atoms with Crippen LogP contribution in [0.1, 0.15) is 25.3 Å². The minimum Gasteiger partial charge on any atom is -0.253 e. The van der Waals surface area contributed by atoms with E-state index < -0.39 is 17.5 Å². The zero-order chi connectivity index (χ0) is 14.5. The van der Waals surface area contributed by atoms with Gasteiger partial charge in [-0.05, 0) is 36.0 Å². The number of hydrogen-bond donors (Lipinski definition) is 0. The molecule has 0 radical (unpaired) electrons. The van der Waals surface area contributed by atoms with Gasteiger partial charge in [-0.25, -0.2) is 13.2 Å². The lowest BCUT2D eigenvalue weighted by Crippen LogP contribution is -2.06. The molecule has 1 nitrogen and oxygen atoms in total. The highest BCUT2D eigenvalue weighted by molar-refractivity contribution is 6.31. The summed E-state index contributed by atoms with van der Waals surface area (Å²) in [5.74, 6) is -2.32. The van der Waals surface area contributed by atoms with Crippen LogP contribution in [0.15, 0.2) is 24.4 Å². The summed E-state index contributed by atoms with van der Waals surface area (Å²) in [6, 6.07) is 3.32. The van der Waals surface area contributed by atoms with E-state index in [4.69, 9.17) is 11.6 Å². The molecule has 0 N–H and O–H groups in total. The lowest BCUT2D eigenvalue weighted by atomic mass is 9.96. The second-order valence-electron chi connectivity index (χ2n) is 5.33. The van der Waals surface area contributed by atoms with Crippen LogP contribution in [0, 0.1) is 17.5 Å². The zero-order valence-electron chi connectivity index (χ0n) is 10.7. The summed E-state index contributed by atoms with van der Waals surface area (Å²) in [4.78, 5) is 3.89. The molecule has 1 aliphatic carbocycles. The fraction of sp³-hybridized carbons (Fsp3) is 0.267. The predicted octanol–water partition coefficient (Wildman–Crippen LogP) is 4.87. The molecular formula is C15H11ClF3N. The van der Waals surface area contributed by atoms with E-state index in [2.05, 4.69) is 4.98 Å². The molecule has 0 aliphatic heterocycles. The molecule has 0 saturated heterocycles. The van der Waals surface area contributed by atoms with Gasteiger partial charge in [0.15, 0.2) is 5.82 Å². The van der Waals surface area contributed by atoms with Gasteiger partial charge in [0, 0.05) is 17.8 Å². The fourth-order valence-corrected chi connectivity index (χ4v) is 2.42. The molecule has 2 aromatic rings. The summed E-state index contributed by atoms with van der Waals surface area (Å²) >= 11 is 5.64. The monoisotopic (exact) mass is 297 g/mol. The Kier molecular flexibility index (Phi) is 3.01. The van der Waals surface area contributed by atoms with Crippen molar-refractivity contribution < 1.29 is 13.2 Å². The fourth-order valence-electron chi connectivity index (χ4n) is 2.26. The van der Waals surface area contributed by atoms with Crippen LogP contribution in [0.25, 0.3) is 11.3 Å². The Bertz CT molecular complexity index is 696. The lowest BCUT2D eigenvalue weighted by molar-refractivity contribution is 0.571. The van der Waals surface area contributed by atoms with Gasteiger partial charge in [-0.3, -0.25) is 4.98 Å². The van der Waals surface area contributed by atoms with E-state index in [1.165, 1.54) is 6.20 Å². The average molecular weight is 298 g/mol. The molecule has 1 fully saturated rings. The van der Waals surface area contributed by atoms with Crippen molar-refractivity contribution in [1.82, 2.24) is 4.98 Å². The minimum atomic E-state index is -0.878. The molecule has 0 spiro atoms. The number of hydrogen-bond acceptors (Lipinski definition) is 1. The van der Waals surface area contributed by atoms with Crippen molar-refractivity contribution in [2.45, 2.75) is 25.2 Å². The van der Waals surface area contributed by atoms with Crippen LogP contribution in [-0.4, -0.2) is 4.98 Å². The average Bonchev–Trinajstić information content (AvgIpc) is 3.13. The molecule has 1 aromatic carbocycles. The van der Waals surface area contributed by atoms with Crippen molar-refractivity contribution >= 4 is 11.6 Å². The van der Waals surface area contributed by atoms with E-state index in [-0.39, 0.29) is 21.7 Å². The summed E-state index contributed by atoms with van der Waals surface area (Å²) in [5.41, 5.74) is 0.0552. The van der Waals surface area contributed by atoms with Crippen LogP contribution in [0.3, 0.4) is 0 Å². The Morgan fingerprint density at radius 1 is 1.15 bits per heavy atom.